The van der Waals surface area contributed by atoms with Gasteiger partial charge in [0.05, 0.1) is 0 Å². The fraction of sp³-hybridized carbons (Fsp3) is 0.909. The first-order chi connectivity index (χ1) is 5.77. The Morgan fingerprint density at radius 2 is 1.38 bits per heavy atom. The molecule has 0 aliphatic heterocycles. The smallest absolute Gasteiger partial charge is 0.129 e. The molecule has 0 atom stereocenters. The van der Waals surface area contributed by atoms with Gasteiger partial charge in [-0.3, -0.25) is 0 Å². The molecule has 0 saturated heterocycles. The number of unbranched alkanes of at least 4 members (excludes halogenated alkanes) is 6. The summed E-state index contributed by atoms with van der Waals surface area (Å²) >= 11 is 0. The van der Waals surface area contributed by atoms with Crippen LogP contribution in [0.1, 0.15) is 65.2 Å². The van der Waals surface area contributed by atoms with Crippen molar-refractivity contribution in [1.29, 1.82) is 0 Å². The van der Waals surface area contributed by atoms with Crippen molar-refractivity contribution in [1.82, 2.24) is 0 Å². The maximum absolute atomic E-state index is 10.6. The van der Waals surface area contributed by atoms with Gasteiger partial charge in [-0.15, -0.1) is 0 Å². The molecule has 0 N–H and O–H groups in total. The van der Waals surface area contributed by atoms with Crippen LogP contribution < -0.4 is 0 Å². The van der Waals surface area contributed by atoms with Crippen molar-refractivity contribution in [3.8, 4) is 0 Å². The van der Waals surface area contributed by atoms with E-state index in [0.717, 1.165) is 12.8 Å². The summed E-state index contributed by atoms with van der Waals surface area (Å²) in [6.45, 7) is 3.91. The third-order valence-corrected chi connectivity index (χ3v) is 2.13. The van der Waals surface area contributed by atoms with Crippen LogP contribution in [0.2, 0.25) is 0 Å². The molecule has 0 aromatic rings. The molecule has 0 unspecified atom stereocenters. The Hall–Kier alpha value is 0.384. The van der Waals surface area contributed by atoms with Crippen LogP contribution in [-0.2, 0) is 26.5 Å². The molecule has 76 valence electrons. The zero-order valence-corrected chi connectivity index (χ0v) is 10.6. The molecule has 2 heteroatoms. The summed E-state index contributed by atoms with van der Waals surface area (Å²) in [4.78, 5) is 10.6. The fourth-order valence-electron chi connectivity index (χ4n) is 1.33. The minimum absolute atomic E-state index is 0. The van der Waals surface area contributed by atoms with Gasteiger partial charge in [-0.05, 0) is 13.3 Å². The normalized spacial score (nSPS) is 9.38. The SMILES string of the molecule is CCCCCCCCCC(C)=O.[Ti]. The van der Waals surface area contributed by atoms with E-state index in [4.69, 9.17) is 0 Å². The second-order valence-electron chi connectivity index (χ2n) is 3.57. The van der Waals surface area contributed by atoms with Crippen molar-refractivity contribution in [3.63, 3.8) is 0 Å². The largest absolute Gasteiger partial charge is 0.300 e. The molecule has 0 radical (unpaired) electrons. The van der Waals surface area contributed by atoms with Crippen molar-refractivity contribution >= 4 is 5.78 Å². The van der Waals surface area contributed by atoms with Crippen molar-refractivity contribution in [2.24, 2.45) is 0 Å². The molecule has 0 fully saturated rings. The molecule has 0 aliphatic rings. The van der Waals surface area contributed by atoms with Crippen LogP contribution in [0.25, 0.3) is 0 Å². The van der Waals surface area contributed by atoms with Crippen LogP contribution in [-0.4, -0.2) is 5.78 Å². The minimum Gasteiger partial charge on any atom is -0.300 e. The predicted molar refractivity (Wildman–Crippen MR) is 53.3 cm³/mol. The first kappa shape index (κ1) is 15.8. The number of carbonyl (C=O) groups is 1. The van der Waals surface area contributed by atoms with Gasteiger partial charge in [0.2, 0.25) is 0 Å². The minimum atomic E-state index is 0. The van der Waals surface area contributed by atoms with E-state index in [0.29, 0.717) is 5.78 Å². The molecule has 0 aromatic carbocycles. The van der Waals surface area contributed by atoms with Gasteiger partial charge in [0.1, 0.15) is 5.78 Å². The molecule has 0 spiro atoms. The Bertz CT molecular complexity index is 113. The van der Waals surface area contributed by atoms with Crippen LogP contribution in [0, 0.1) is 0 Å². The fourth-order valence-corrected chi connectivity index (χ4v) is 1.33. The maximum atomic E-state index is 10.6. The Balaban J connectivity index is 0. The number of ketones is 1. The van der Waals surface area contributed by atoms with Gasteiger partial charge in [-0.25, -0.2) is 0 Å². The van der Waals surface area contributed by atoms with E-state index in [1.807, 2.05) is 0 Å². The second kappa shape index (κ2) is 12.4. The molecule has 0 amide bonds. The zero-order valence-electron chi connectivity index (χ0n) is 9.07. The van der Waals surface area contributed by atoms with Gasteiger partial charge in [0.25, 0.3) is 0 Å². The summed E-state index contributed by atoms with van der Waals surface area (Å²) < 4.78 is 0. The van der Waals surface area contributed by atoms with Crippen LogP contribution in [0.15, 0.2) is 0 Å². The molecule has 0 saturated carbocycles. The van der Waals surface area contributed by atoms with Crippen LogP contribution >= 0.6 is 0 Å². The summed E-state index contributed by atoms with van der Waals surface area (Å²) in [5.74, 6) is 0.337. The maximum Gasteiger partial charge on any atom is 0.129 e. The Morgan fingerprint density at radius 1 is 0.923 bits per heavy atom. The number of hydrogen-bond donors (Lipinski definition) is 0. The number of hydrogen-bond acceptors (Lipinski definition) is 1. The van der Waals surface area contributed by atoms with E-state index in [1.165, 1.54) is 38.5 Å². The Kier molecular flexibility index (Phi) is 15.1. The average molecular weight is 218 g/mol. The molecule has 0 aliphatic carbocycles. The molecule has 13 heavy (non-hydrogen) atoms. The van der Waals surface area contributed by atoms with E-state index >= 15 is 0 Å². The summed E-state index contributed by atoms with van der Waals surface area (Å²) in [7, 11) is 0. The Morgan fingerprint density at radius 3 is 1.85 bits per heavy atom. The first-order valence-corrected chi connectivity index (χ1v) is 5.26. The van der Waals surface area contributed by atoms with Crippen molar-refractivity contribution < 1.29 is 26.5 Å². The van der Waals surface area contributed by atoms with Gasteiger partial charge in [0, 0.05) is 28.1 Å². The van der Waals surface area contributed by atoms with Crippen molar-refractivity contribution in [2.45, 2.75) is 65.2 Å². The molecule has 0 aromatic heterocycles. The van der Waals surface area contributed by atoms with Gasteiger partial charge >= 0.3 is 0 Å². The summed E-state index contributed by atoms with van der Waals surface area (Å²) in [5, 5.41) is 0. The van der Waals surface area contributed by atoms with E-state index in [2.05, 4.69) is 6.92 Å². The van der Waals surface area contributed by atoms with E-state index in [1.54, 1.807) is 6.92 Å². The molecule has 0 heterocycles. The van der Waals surface area contributed by atoms with Crippen molar-refractivity contribution in [2.75, 3.05) is 0 Å². The predicted octanol–water partition coefficient (Wildman–Crippen LogP) is 3.71. The monoisotopic (exact) mass is 218 g/mol. The number of Topliss-reactive ketones (excluding diaryl/α,β-unsaturated/α-hetero) is 1. The van der Waals surface area contributed by atoms with E-state index in [9.17, 15) is 4.79 Å². The first-order valence-electron chi connectivity index (χ1n) is 5.26. The number of carbonyl (C=O) groups excluding carboxylic acids is 1. The topological polar surface area (TPSA) is 17.1 Å². The average Bonchev–Trinajstić information content (AvgIpc) is 2.02. The summed E-state index contributed by atoms with van der Waals surface area (Å²) in [6.07, 6.45) is 9.84. The third kappa shape index (κ3) is 15.2. The second-order valence-corrected chi connectivity index (χ2v) is 3.57. The number of rotatable bonds is 8. The van der Waals surface area contributed by atoms with Gasteiger partial charge in [-0.2, -0.15) is 0 Å². The van der Waals surface area contributed by atoms with E-state index in [-0.39, 0.29) is 21.7 Å². The molecular formula is C11H22OTi. The van der Waals surface area contributed by atoms with Gasteiger partial charge in [0.15, 0.2) is 0 Å². The third-order valence-electron chi connectivity index (χ3n) is 2.13. The van der Waals surface area contributed by atoms with Crippen LogP contribution in [0.3, 0.4) is 0 Å². The zero-order chi connectivity index (χ0) is 9.23. The molecule has 0 rings (SSSR count). The van der Waals surface area contributed by atoms with Crippen LogP contribution in [0.4, 0.5) is 0 Å². The van der Waals surface area contributed by atoms with Crippen molar-refractivity contribution in [3.05, 3.63) is 0 Å². The Labute approximate surface area is 97.6 Å². The summed E-state index contributed by atoms with van der Waals surface area (Å²) in [5.41, 5.74) is 0. The van der Waals surface area contributed by atoms with E-state index < -0.39 is 0 Å². The summed E-state index contributed by atoms with van der Waals surface area (Å²) in [6, 6.07) is 0. The van der Waals surface area contributed by atoms with Gasteiger partial charge < -0.3 is 4.79 Å². The van der Waals surface area contributed by atoms with Crippen LogP contribution in [0.5, 0.6) is 0 Å². The standard InChI is InChI=1S/C11H22O.Ti/c1-3-4-5-6-7-8-9-10-11(2)12;/h3-10H2,1-2H3;. The molecular weight excluding hydrogens is 196 g/mol. The van der Waals surface area contributed by atoms with Gasteiger partial charge in [-0.1, -0.05) is 45.4 Å². The quantitative estimate of drug-likeness (QED) is 0.448. The molecule has 0 bridgehead atoms. The molecule has 1 nitrogen and oxygen atoms in total.